The van der Waals surface area contributed by atoms with Crippen LogP contribution in [-0.2, 0) is 11.2 Å². The number of anilines is 1. The maximum absolute atomic E-state index is 12.7. The van der Waals surface area contributed by atoms with Crippen LogP contribution < -0.4 is 5.32 Å². The molecule has 4 nitrogen and oxygen atoms in total. The summed E-state index contributed by atoms with van der Waals surface area (Å²) in [4.78, 5) is 17.0. The van der Waals surface area contributed by atoms with Crippen molar-refractivity contribution in [3.8, 4) is 0 Å². The van der Waals surface area contributed by atoms with Gasteiger partial charge in [0, 0.05) is 31.2 Å². The lowest BCUT2D eigenvalue weighted by Crippen LogP contribution is -2.51. The highest BCUT2D eigenvalue weighted by Gasteiger charge is 2.32. The average Bonchev–Trinajstić information content (AvgIpc) is 2.90. The maximum atomic E-state index is 12.7. The SMILES string of the molecule is CN(C)[C@@H]1CCCN(C(=O)[C@@H]2Cc3ccccc3N2)C1. The highest BCUT2D eigenvalue weighted by atomic mass is 16.2. The van der Waals surface area contributed by atoms with Gasteiger partial charge in [-0.15, -0.1) is 0 Å². The molecular weight excluding hydrogens is 250 g/mol. The zero-order valence-corrected chi connectivity index (χ0v) is 12.3. The van der Waals surface area contributed by atoms with E-state index in [0.717, 1.165) is 31.6 Å². The molecule has 1 aromatic carbocycles. The fourth-order valence-electron chi connectivity index (χ4n) is 3.24. The molecule has 1 N–H and O–H groups in total. The number of amides is 1. The van der Waals surface area contributed by atoms with Gasteiger partial charge in [0.15, 0.2) is 0 Å². The molecule has 1 saturated heterocycles. The molecule has 0 aromatic heterocycles. The normalized spacial score (nSPS) is 25.4. The molecule has 0 unspecified atom stereocenters. The lowest BCUT2D eigenvalue weighted by Gasteiger charge is -2.37. The summed E-state index contributed by atoms with van der Waals surface area (Å²) in [7, 11) is 4.20. The Bertz CT molecular complexity index is 475. The van der Waals surface area contributed by atoms with E-state index in [1.54, 1.807) is 0 Å². The first-order chi connectivity index (χ1) is 9.65. The summed E-state index contributed by atoms with van der Waals surface area (Å²) >= 11 is 0. The van der Waals surface area contributed by atoms with E-state index < -0.39 is 0 Å². The van der Waals surface area contributed by atoms with Crippen molar-refractivity contribution in [1.82, 2.24) is 9.80 Å². The van der Waals surface area contributed by atoms with E-state index in [9.17, 15) is 4.79 Å². The van der Waals surface area contributed by atoms with Gasteiger partial charge >= 0.3 is 0 Å². The molecule has 3 rings (SSSR count). The number of hydrogen-bond donors (Lipinski definition) is 1. The van der Waals surface area contributed by atoms with Gasteiger partial charge in [0.25, 0.3) is 0 Å². The van der Waals surface area contributed by atoms with Crippen LogP contribution in [0.3, 0.4) is 0 Å². The van der Waals surface area contributed by atoms with Crippen molar-refractivity contribution in [2.75, 3.05) is 32.5 Å². The molecule has 1 fully saturated rings. The van der Waals surface area contributed by atoms with E-state index in [4.69, 9.17) is 0 Å². The van der Waals surface area contributed by atoms with Crippen LogP contribution in [0.5, 0.6) is 0 Å². The van der Waals surface area contributed by atoms with Gasteiger partial charge in [-0.2, -0.15) is 0 Å². The van der Waals surface area contributed by atoms with Crippen LogP contribution in [-0.4, -0.2) is 55.0 Å². The molecule has 0 spiro atoms. The Balaban J connectivity index is 1.66. The Morgan fingerprint density at radius 1 is 1.35 bits per heavy atom. The molecule has 108 valence electrons. The zero-order valence-electron chi connectivity index (χ0n) is 12.3. The number of piperidine rings is 1. The Morgan fingerprint density at radius 3 is 2.90 bits per heavy atom. The van der Waals surface area contributed by atoms with Crippen LogP contribution in [0.1, 0.15) is 18.4 Å². The van der Waals surface area contributed by atoms with E-state index in [2.05, 4.69) is 36.4 Å². The number of para-hydroxylation sites is 1. The molecule has 0 saturated carbocycles. The van der Waals surface area contributed by atoms with Gasteiger partial charge in [0.05, 0.1) is 0 Å². The number of carbonyl (C=O) groups excluding carboxylic acids is 1. The van der Waals surface area contributed by atoms with Crippen LogP contribution >= 0.6 is 0 Å². The van der Waals surface area contributed by atoms with Gasteiger partial charge in [-0.05, 0) is 38.6 Å². The molecule has 2 heterocycles. The maximum Gasteiger partial charge on any atom is 0.245 e. The van der Waals surface area contributed by atoms with E-state index in [-0.39, 0.29) is 11.9 Å². The van der Waals surface area contributed by atoms with Gasteiger partial charge in [-0.1, -0.05) is 18.2 Å². The van der Waals surface area contributed by atoms with E-state index in [0.29, 0.717) is 6.04 Å². The Morgan fingerprint density at radius 2 is 2.15 bits per heavy atom. The summed E-state index contributed by atoms with van der Waals surface area (Å²) in [6.07, 6.45) is 3.11. The number of fused-ring (bicyclic) bond motifs is 1. The third kappa shape index (κ3) is 2.52. The van der Waals surface area contributed by atoms with E-state index in [1.807, 2.05) is 17.0 Å². The molecule has 1 aromatic rings. The zero-order chi connectivity index (χ0) is 14.1. The number of rotatable bonds is 2. The van der Waals surface area contributed by atoms with Crippen molar-refractivity contribution < 1.29 is 4.79 Å². The number of carbonyl (C=O) groups is 1. The summed E-state index contributed by atoms with van der Waals surface area (Å²) in [5, 5.41) is 3.37. The summed E-state index contributed by atoms with van der Waals surface area (Å²) in [5.74, 6) is 0.257. The van der Waals surface area contributed by atoms with E-state index in [1.165, 1.54) is 12.0 Å². The summed E-state index contributed by atoms with van der Waals surface area (Å²) in [6, 6.07) is 8.64. The van der Waals surface area contributed by atoms with Crippen molar-refractivity contribution in [2.24, 2.45) is 0 Å². The van der Waals surface area contributed by atoms with Crippen LogP contribution in [0.15, 0.2) is 24.3 Å². The van der Waals surface area contributed by atoms with Crippen LogP contribution in [0, 0.1) is 0 Å². The minimum absolute atomic E-state index is 0.0756. The predicted molar refractivity (Wildman–Crippen MR) is 80.8 cm³/mol. The van der Waals surface area contributed by atoms with Gasteiger partial charge in [0.2, 0.25) is 5.91 Å². The number of likely N-dealkylation sites (tertiary alicyclic amines) is 1. The third-order valence-corrected chi connectivity index (χ3v) is 4.51. The molecular formula is C16H23N3O. The van der Waals surface area contributed by atoms with Crippen LogP contribution in [0.25, 0.3) is 0 Å². The number of hydrogen-bond acceptors (Lipinski definition) is 3. The Kier molecular flexibility index (Phi) is 3.66. The van der Waals surface area contributed by atoms with Crippen molar-refractivity contribution in [1.29, 1.82) is 0 Å². The number of likely N-dealkylation sites (N-methyl/N-ethyl adjacent to an activating group) is 1. The van der Waals surface area contributed by atoms with Gasteiger partial charge in [-0.25, -0.2) is 0 Å². The number of nitrogens with one attached hydrogen (secondary N) is 1. The highest BCUT2D eigenvalue weighted by Crippen LogP contribution is 2.27. The molecule has 2 aliphatic rings. The summed E-state index contributed by atoms with van der Waals surface area (Å²) in [5.41, 5.74) is 2.37. The van der Waals surface area contributed by atoms with Crippen LogP contribution in [0.2, 0.25) is 0 Å². The molecule has 2 aliphatic heterocycles. The third-order valence-electron chi connectivity index (χ3n) is 4.51. The summed E-state index contributed by atoms with van der Waals surface area (Å²) < 4.78 is 0. The second kappa shape index (κ2) is 5.44. The Hall–Kier alpha value is -1.55. The van der Waals surface area contributed by atoms with Crippen LogP contribution in [0.4, 0.5) is 5.69 Å². The first-order valence-electron chi connectivity index (χ1n) is 7.45. The molecule has 2 atom stereocenters. The fraction of sp³-hybridized carbons (Fsp3) is 0.562. The van der Waals surface area contributed by atoms with Gasteiger partial charge in [0.1, 0.15) is 6.04 Å². The summed E-state index contributed by atoms with van der Waals surface area (Å²) in [6.45, 7) is 1.76. The molecule has 1 amide bonds. The van der Waals surface area contributed by atoms with Crippen molar-refractivity contribution in [3.63, 3.8) is 0 Å². The predicted octanol–water partition coefficient (Wildman–Crippen LogP) is 1.58. The van der Waals surface area contributed by atoms with Crippen molar-refractivity contribution in [2.45, 2.75) is 31.3 Å². The first kappa shape index (κ1) is 13.4. The highest BCUT2D eigenvalue weighted by molar-refractivity contribution is 5.87. The van der Waals surface area contributed by atoms with Gasteiger partial charge < -0.3 is 15.1 Å². The lowest BCUT2D eigenvalue weighted by atomic mass is 10.0. The largest absolute Gasteiger partial charge is 0.373 e. The minimum atomic E-state index is -0.0756. The van der Waals surface area contributed by atoms with Gasteiger partial charge in [-0.3, -0.25) is 4.79 Å². The number of benzene rings is 1. The average molecular weight is 273 g/mol. The van der Waals surface area contributed by atoms with Crippen molar-refractivity contribution >= 4 is 11.6 Å². The van der Waals surface area contributed by atoms with Crippen molar-refractivity contribution in [3.05, 3.63) is 29.8 Å². The molecule has 20 heavy (non-hydrogen) atoms. The second-order valence-electron chi connectivity index (χ2n) is 6.10. The standard InChI is InChI=1S/C16H23N3O/c1-18(2)13-7-5-9-19(11-13)16(20)15-10-12-6-3-4-8-14(12)17-15/h3-4,6,8,13,15,17H,5,7,9-11H2,1-2H3/t13-,15+/m1/s1. The monoisotopic (exact) mass is 273 g/mol. The minimum Gasteiger partial charge on any atom is -0.373 e. The fourth-order valence-corrected chi connectivity index (χ4v) is 3.24. The Labute approximate surface area is 120 Å². The quantitative estimate of drug-likeness (QED) is 0.888. The molecule has 4 heteroatoms. The van der Waals surface area contributed by atoms with E-state index >= 15 is 0 Å². The number of nitrogens with zero attached hydrogens (tertiary/aromatic N) is 2. The topological polar surface area (TPSA) is 35.6 Å². The molecule has 0 bridgehead atoms. The molecule has 0 aliphatic carbocycles. The first-order valence-corrected chi connectivity index (χ1v) is 7.45. The smallest absolute Gasteiger partial charge is 0.245 e. The lowest BCUT2D eigenvalue weighted by molar-refractivity contribution is -0.133. The molecule has 0 radical (unpaired) electrons. The second-order valence-corrected chi connectivity index (χ2v) is 6.10.